The Morgan fingerprint density at radius 1 is 1.19 bits per heavy atom. The summed E-state index contributed by atoms with van der Waals surface area (Å²) >= 11 is 0. The molecule has 0 bridgehead atoms. The van der Waals surface area contributed by atoms with Crippen LogP contribution in [0.3, 0.4) is 0 Å². The van der Waals surface area contributed by atoms with Crippen molar-refractivity contribution in [1.29, 1.82) is 0 Å². The summed E-state index contributed by atoms with van der Waals surface area (Å²) in [4.78, 5) is 0. The third-order valence-corrected chi connectivity index (χ3v) is 3.34. The number of aliphatic hydroxyl groups is 3. The minimum Gasteiger partial charge on any atom is -0.394 e. The van der Waals surface area contributed by atoms with E-state index < -0.39 is 12.2 Å². The smallest absolute Gasteiger partial charge is 0.103 e. The Labute approximate surface area is 95.4 Å². The molecule has 1 aliphatic carbocycles. The van der Waals surface area contributed by atoms with E-state index in [1.54, 1.807) is 0 Å². The zero-order chi connectivity index (χ0) is 11.5. The molecule has 0 spiro atoms. The van der Waals surface area contributed by atoms with Gasteiger partial charge in [0.2, 0.25) is 0 Å². The predicted molar refractivity (Wildman–Crippen MR) is 60.8 cm³/mol. The average Bonchev–Trinajstić information content (AvgIpc) is 3.07. The quantitative estimate of drug-likeness (QED) is 0.683. The van der Waals surface area contributed by atoms with Crippen LogP contribution in [-0.2, 0) is 6.42 Å². The van der Waals surface area contributed by atoms with Crippen molar-refractivity contribution in [2.24, 2.45) is 11.8 Å². The fourth-order valence-corrected chi connectivity index (χ4v) is 2.23. The van der Waals surface area contributed by atoms with Gasteiger partial charge in [0.05, 0.1) is 12.7 Å². The van der Waals surface area contributed by atoms with Gasteiger partial charge in [0, 0.05) is 0 Å². The zero-order valence-corrected chi connectivity index (χ0v) is 9.16. The van der Waals surface area contributed by atoms with Crippen molar-refractivity contribution in [3.8, 4) is 0 Å². The molecule has 88 valence electrons. The Bertz CT molecular complexity index is 325. The minimum atomic E-state index is -0.995. The molecule has 1 aromatic rings. The molecule has 1 saturated carbocycles. The van der Waals surface area contributed by atoms with Gasteiger partial charge in [-0.05, 0) is 30.2 Å². The fourth-order valence-electron chi connectivity index (χ4n) is 2.23. The molecule has 0 amide bonds. The summed E-state index contributed by atoms with van der Waals surface area (Å²) in [5.41, 5.74) is 1.26. The SMILES string of the molecule is OC[C@@H](O)[C@H](O)[C@H]1C[C@@H]1Cc1ccccc1. The van der Waals surface area contributed by atoms with Crippen molar-refractivity contribution < 1.29 is 15.3 Å². The summed E-state index contributed by atoms with van der Waals surface area (Å²) in [5.74, 6) is 0.584. The Morgan fingerprint density at radius 2 is 1.88 bits per heavy atom. The fraction of sp³-hybridized carbons (Fsp3) is 0.538. The van der Waals surface area contributed by atoms with Gasteiger partial charge >= 0.3 is 0 Å². The molecule has 0 heterocycles. The van der Waals surface area contributed by atoms with E-state index in [0.717, 1.165) is 12.8 Å². The van der Waals surface area contributed by atoms with Crippen molar-refractivity contribution in [3.63, 3.8) is 0 Å². The molecule has 2 rings (SSSR count). The second-order valence-corrected chi connectivity index (χ2v) is 4.59. The van der Waals surface area contributed by atoms with Crippen LogP contribution in [0, 0.1) is 11.8 Å². The Hall–Kier alpha value is -0.900. The van der Waals surface area contributed by atoms with E-state index in [0.29, 0.717) is 5.92 Å². The van der Waals surface area contributed by atoms with Gasteiger partial charge in [-0.25, -0.2) is 0 Å². The second kappa shape index (κ2) is 4.95. The van der Waals surface area contributed by atoms with Crippen LogP contribution in [-0.4, -0.2) is 34.1 Å². The molecule has 0 aliphatic heterocycles. The maximum atomic E-state index is 9.70. The molecule has 0 unspecified atom stereocenters. The van der Waals surface area contributed by atoms with Gasteiger partial charge in [-0.3, -0.25) is 0 Å². The minimum absolute atomic E-state index is 0.141. The number of hydrogen-bond donors (Lipinski definition) is 3. The van der Waals surface area contributed by atoms with Crippen LogP contribution in [0.2, 0.25) is 0 Å². The van der Waals surface area contributed by atoms with Crippen LogP contribution in [0.4, 0.5) is 0 Å². The summed E-state index contributed by atoms with van der Waals surface area (Å²) in [6, 6.07) is 10.1. The molecule has 3 N–H and O–H groups in total. The van der Waals surface area contributed by atoms with E-state index in [4.69, 9.17) is 5.11 Å². The van der Waals surface area contributed by atoms with Gasteiger partial charge in [-0.1, -0.05) is 30.3 Å². The molecule has 0 saturated heterocycles. The molecule has 3 nitrogen and oxygen atoms in total. The van der Waals surface area contributed by atoms with Crippen LogP contribution >= 0.6 is 0 Å². The van der Waals surface area contributed by atoms with Gasteiger partial charge in [0.1, 0.15) is 6.10 Å². The largest absolute Gasteiger partial charge is 0.394 e. The average molecular weight is 222 g/mol. The summed E-state index contributed by atoms with van der Waals surface area (Å²) in [7, 11) is 0. The first-order valence-corrected chi connectivity index (χ1v) is 5.73. The molecule has 1 fully saturated rings. The first-order chi connectivity index (χ1) is 7.72. The van der Waals surface area contributed by atoms with Gasteiger partial charge in [0.25, 0.3) is 0 Å². The van der Waals surface area contributed by atoms with Crippen molar-refractivity contribution in [1.82, 2.24) is 0 Å². The third-order valence-electron chi connectivity index (χ3n) is 3.34. The monoisotopic (exact) mass is 222 g/mol. The highest BCUT2D eigenvalue weighted by molar-refractivity contribution is 5.17. The molecule has 1 aliphatic rings. The summed E-state index contributed by atoms with van der Waals surface area (Å²) < 4.78 is 0. The highest BCUT2D eigenvalue weighted by Crippen LogP contribution is 2.44. The normalized spacial score (nSPS) is 27.4. The highest BCUT2D eigenvalue weighted by atomic mass is 16.4. The lowest BCUT2D eigenvalue weighted by Crippen LogP contribution is -2.31. The Balaban J connectivity index is 1.83. The number of hydrogen-bond acceptors (Lipinski definition) is 3. The van der Waals surface area contributed by atoms with Crippen molar-refractivity contribution >= 4 is 0 Å². The van der Waals surface area contributed by atoms with Gasteiger partial charge < -0.3 is 15.3 Å². The zero-order valence-electron chi connectivity index (χ0n) is 9.16. The van der Waals surface area contributed by atoms with Crippen molar-refractivity contribution in [2.75, 3.05) is 6.61 Å². The first kappa shape index (κ1) is 11.6. The van der Waals surface area contributed by atoms with Crippen molar-refractivity contribution in [3.05, 3.63) is 35.9 Å². The predicted octanol–water partition coefficient (Wildman–Crippen LogP) is 0.579. The molecule has 4 atom stereocenters. The van der Waals surface area contributed by atoms with Crippen LogP contribution in [0.15, 0.2) is 30.3 Å². The van der Waals surface area contributed by atoms with Gasteiger partial charge in [-0.2, -0.15) is 0 Å². The highest BCUT2D eigenvalue weighted by Gasteiger charge is 2.44. The van der Waals surface area contributed by atoms with Crippen LogP contribution in [0.25, 0.3) is 0 Å². The summed E-state index contributed by atoms with van der Waals surface area (Å²) in [6.07, 6.45) is 0.109. The first-order valence-electron chi connectivity index (χ1n) is 5.73. The van der Waals surface area contributed by atoms with Gasteiger partial charge in [-0.15, -0.1) is 0 Å². The molecular weight excluding hydrogens is 204 g/mol. The van der Waals surface area contributed by atoms with Crippen LogP contribution in [0.5, 0.6) is 0 Å². The number of benzene rings is 1. The van der Waals surface area contributed by atoms with E-state index in [2.05, 4.69) is 12.1 Å². The number of rotatable bonds is 5. The lowest BCUT2D eigenvalue weighted by molar-refractivity contribution is -0.0269. The molecule has 0 aromatic heterocycles. The summed E-state index contributed by atoms with van der Waals surface area (Å²) in [5, 5.41) is 27.8. The molecular formula is C13H18O3. The lowest BCUT2D eigenvalue weighted by atomic mass is 10.0. The van der Waals surface area contributed by atoms with E-state index in [-0.39, 0.29) is 12.5 Å². The van der Waals surface area contributed by atoms with Crippen LogP contribution < -0.4 is 0 Å². The molecule has 1 aromatic carbocycles. The maximum absolute atomic E-state index is 9.70. The van der Waals surface area contributed by atoms with Crippen molar-refractivity contribution in [2.45, 2.75) is 25.0 Å². The topological polar surface area (TPSA) is 60.7 Å². The second-order valence-electron chi connectivity index (χ2n) is 4.59. The third kappa shape index (κ3) is 2.61. The lowest BCUT2D eigenvalue weighted by Gasteiger charge is -2.15. The van der Waals surface area contributed by atoms with Gasteiger partial charge in [0.15, 0.2) is 0 Å². The Morgan fingerprint density at radius 3 is 2.50 bits per heavy atom. The van der Waals surface area contributed by atoms with E-state index in [9.17, 15) is 10.2 Å². The summed E-state index contributed by atoms with van der Waals surface area (Å²) in [6.45, 7) is -0.365. The molecule has 0 radical (unpaired) electrons. The van der Waals surface area contributed by atoms with E-state index in [1.165, 1.54) is 5.56 Å². The Kier molecular flexibility index (Phi) is 3.59. The van der Waals surface area contributed by atoms with Crippen LogP contribution in [0.1, 0.15) is 12.0 Å². The number of aliphatic hydroxyl groups excluding tert-OH is 3. The van der Waals surface area contributed by atoms with E-state index in [1.807, 2.05) is 18.2 Å². The maximum Gasteiger partial charge on any atom is 0.103 e. The van der Waals surface area contributed by atoms with E-state index >= 15 is 0 Å². The standard InChI is InChI=1S/C13H18O3/c14-8-12(15)13(16)11-7-10(11)6-9-4-2-1-3-5-9/h1-5,10-16H,6-8H2/t10-,11-,12+,13+/m0/s1. The molecule has 3 heteroatoms. The molecule has 16 heavy (non-hydrogen) atoms.